The lowest BCUT2D eigenvalue weighted by atomic mass is 10.1. The van der Waals surface area contributed by atoms with E-state index in [0.717, 1.165) is 39.1 Å². The molecule has 162 valence electrons. The van der Waals surface area contributed by atoms with Crippen LogP contribution in [0, 0.1) is 6.92 Å². The van der Waals surface area contributed by atoms with Gasteiger partial charge in [0.2, 0.25) is 0 Å². The molecule has 0 spiro atoms. The number of ether oxygens (including phenoxy) is 3. The average molecular weight is 422 g/mol. The second-order valence-electron chi connectivity index (χ2n) is 7.29. The van der Waals surface area contributed by atoms with Crippen LogP contribution in [0.4, 0.5) is 5.82 Å². The third-order valence-corrected chi connectivity index (χ3v) is 5.33. The molecule has 8 nitrogen and oxygen atoms in total. The number of fused-ring (bicyclic) bond motifs is 3. The second-order valence-corrected chi connectivity index (χ2v) is 7.29. The molecule has 0 N–H and O–H groups in total. The van der Waals surface area contributed by atoms with Crippen molar-refractivity contribution in [1.82, 2.24) is 19.8 Å². The first-order valence-corrected chi connectivity index (χ1v) is 10.2. The summed E-state index contributed by atoms with van der Waals surface area (Å²) >= 11 is 0. The zero-order valence-electron chi connectivity index (χ0n) is 18.3. The van der Waals surface area contributed by atoms with Crippen LogP contribution >= 0.6 is 0 Å². The van der Waals surface area contributed by atoms with Crippen molar-refractivity contribution in [3.8, 4) is 17.1 Å². The number of nitrogens with zero attached hydrogens (tertiary/aromatic N) is 5. The molecular weight excluding hydrogens is 394 g/mol. The van der Waals surface area contributed by atoms with Gasteiger partial charge in [-0.3, -0.25) is 0 Å². The Hall–Kier alpha value is -3.23. The van der Waals surface area contributed by atoms with E-state index in [0.29, 0.717) is 32.1 Å². The van der Waals surface area contributed by atoms with Crippen molar-refractivity contribution in [2.24, 2.45) is 0 Å². The van der Waals surface area contributed by atoms with Crippen molar-refractivity contribution >= 4 is 22.2 Å². The largest absolute Gasteiger partial charge is 0.496 e. The monoisotopic (exact) mass is 421 g/mol. The summed E-state index contributed by atoms with van der Waals surface area (Å²) in [5, 5.41) is 16.0. The minimum atomic E-state index is 0.588. The van der Waals surface area contributed by atoms with Crippen LogP contribution in [0.3, 0.4) is 0 Å². The van der Waals surface area contributed by atoms with Gasteiger partial charge >= 0.3 is 0 Å². The molecule has 0 aliphatic rings. The van der Waals surface area contributed by atoms with E-state index in [1.165, 1.54) is 0 Å². The van der Waals surface area contributed by atoms with Crippen molar-refractivity contribution < 1.29 is 14.2 Å². The summed E-state index contributed by atoms with van der Waals surface area (Å²) in [6, 6.07) is 14.1. The van der Waals surface area contributed by atoms with Crippen molar-refractivity contribution in [3.05, 3.63) is 48.0 Å². The van der Waals surface area contributed by atoms with E-state index in [-0.39, 0.29) is 0 Å². The van der Waals surface area contributed by atoms with Crippen LogP contribution in [0.15, 0.2) is 42.5 Å². The number of aryl methyl sites for hydroxylation is 1. The third kappa shape index (κ3) is 4.04. The minimum absolute atomic E-state index is 0.588. The molecule has 8 heteroatoms. The van der Waals surface area contributed by atoms with E-state index in [1.807, 2.05) is 41.8 Å². The maximum absolute atomic E-state index is 5.40. The molecule has 0 saturated carbocycles. The van der Waals surface area contributed by atoms with Crippen LogP contribution in [0.2, 0.25) is 0 Å². The maximum atomic E-state index is 5.40. The quantitative estimate of drug-likeness (QED) is 0.410. The molecule has 0 amide bonds. The van der Waals surface area contributed by atoms with E-state index in [1.54, 1.807) is 21.3 Å². The van der Waals surface area contributed by atoms with Gasteiger partial charge in [-0.1, -0.05) is 24.3 Å². The van der Waals surface area contributed by atoms with Gasteiger partial charge in [0.1, 0.15) is 5.75 Å². The molecule has 0 atom stereocenters. The first kappa shape index (κ1) is 21.0. The third-order valence-electron chi connectivity index (χ3n) is 5.33. The highest BCUT2D eigenvalue weighted by Crippen LogP contribution is 2.31. The fourth-order valence-electron chi connectivity index (χ4n) is 3.72. The lowest BCUT2D eigenvalue weighted by Crippen LogP contribution is -2.32. The normalized spacial score (nSPS) is 11.4. The summed E-state index contributed by atoms with van der Waals surface area (Å²) in [4.78, 5) is 2.18. The zero-order valence-corrected chi connectivity index (χ0v) is 18.3. The van der Waals surface area contributed by atoms with Gasteiger partial charge in [0, 0.05) is 43.6 Å². The SMILES string of the molecule is COCCN(CCOC)c1nn2c(-c3ccc(OC)c(C)c3)nnc2c2ccccc12. The van der Waals surface area contributed by atoms with Gasteiger partial charge in [0.05, 0.1) is 20.3 Å². The van der Waals surface area contributed by atoms with Gasteiger partial charge in [0.15, 0.2) is 17.3 Å². The molecule has 4 rings (SSSR count). The molecule has 4 aromatic rings. The van der Waals surface area contributed by atoms with E-state index in [2.05, 4.69) is 27.2 Å². The molecule has 0 aliphatic heterocycles. The average Bonchev–Trinajstić information content (AvgIpc) is 3.23. The molecule has 0 fully saturated rings. The Morgan fingerprint density at radius 2 is 1.61 bits per heavy atom. The first-order chi connectivity index (χ1) is 15.2. The Kier molecular flexibility index (Phi) is 6.29. The number of hydrogen-bond donors (Lipinski definition) is 0. The molecule has 2 aromatic carbocycles. The number of benzene rings is 2. The smallest absolute Gasteiger partial charge is 0.186 e. The highest BCUT2D eigenvalue weighted by Gasteiger charge is 2.19. The highest BCUT2D eigenvalue weighted by molar-refractivity contribution is 6.00. The summed E-state index contributed by atoms with van der Waals surface area (Å²) in [5.41, 5.74) is 2.68. The van der Waals surface area contributed by atoms with Crippen LogP contribution in [0.25, 0.3) is 27.8 Å². The lowest BCUT2D eigenvalue weighted by Gasteiger charge is -2.24. The zero-order chi connectivity index (χ0) is 21.8. The summed E-state index contributed by atoms with van der Waals surface area (Å²) in [6.07, 6.45) is 0. The van der Waals surface area contributed by atoms with Crippen molar-refractivity contribution in [2.45, 2.75) is 6.92 Å². The van der Waals surface area contributed by atoms with Gasteiger partial charge in [-0.2, -0.15) is 4.52 Å². The minimum Gasteiger partial charge on any atom is -0.496 e. The standard InChI is InChI=1S/C23H27N5O3/c1-16-15-17(9-10-20(16)31-4)21-24-25-22-18-7-5-6-8-19(18)23(26-28(21)22)27(11-13-29-2)12-14-30-3/h5-10,15H,11-14H2,1-4H3. The van der Waals surface area contributed by atoms with Crippen LogP contribution in [-0.4, -0.2) is 67.4 Å². The Labute approximate surface area is 181 Å². The molecule has 0 saturated heterocycles. The van der Waals surface area contributed by atoms with Gasteiger partial charge < -0.3 is 19.1 Å². The Bertz CT molecular complexity index is 1180. The maximum Gasteiger partial charge on any atom is 0.186 e. The summed E-state index contributed by atoms with van der Waals surface area (Å²) in [5.74, 6) is 2.37. The molecule has 0 unspecified atom stereocenters. The van der Waals surface area contributed by atoms with Gasteiger partial charge in [0.25, 0.3) is 0 Å². The molecular formula is C23H27N5O3. The predicted molar refractivity (Wildman–Crippen MR) is 121 cm³/mol. The van der Waals surface area contributed by atoms with Crippen molar-refractivity contribution in [3.63, 3.8) is 0 Å². The number of anilines is 1. The Balaban J connectivity index is 1.91. The number of aromatic nitrogens is 4. The first-order valence-electron chi connectivity index (χ1n) is 10.2. The number of methoxy groups -OCH3 is 3. The van der Waals surface area contributed by atoms with E-state index in [9.17, 15) is 0 Å². The predicted octanol–water partition coefficient (Wildman–Crippen LogP) is 3.36. The fraction of sp³-hybridized carbons (Fsp3) is 0.348. The van der Waals surface area contributed by atoms with E-state index >= 15 is 0 Å². The van der Waals surface area contributed by atoms with Gasteiger partial charge in [-0.05, 0) is 30.7 Å². The molecule has 2 heterocycles. The second kappa shape index (κ2) is 9.28. The van der Waals surface area contributed by atoms with Crippen LogP contribution in [0.1, 0.15) is 5.56 Å². The molecule has 31 heavy (non-hydrogen) atoms. The topological polar surface area (TPSA) is 74.0 Å². The molecule has 0 bridgehead atoms. The van der Waals surface area contributed by atoms with Crippen LogP contribution in [-0.2, 0) is 9.47 Å². The number of rotatable bonds is 9. The molecule has 0 aliphatic carbocycles. The molecule has 0 radical (unpaired) electrons. The Morgan fingerprint density at radius 1 is 0.903 bits per heavy atom. The van der Waals surface area contributed by atoms with Crippen molar-refractivity contribution in [2.75, 3.05) is 52.5 Å². The number of hydrogen-bond acceptors (Lipinski definition) is 7. The van der Waals surface area contributed by atoms with E-state index < -0.39 is 0 Å². The summed E-state index contributed by atoms with van der Waals surface area (Å²) in [6.45, 7) is 4.58. The van der Waals surface area contributed by atoms with E-state index in [4.69, 9.17) is 19.3 Å². The van der Waals surface area contributed by atoms with Crippen molar-refractivity contribution in [1.29, 1.82) is 0 Å². The lowest BCUT2D eigenvalue weighted by molar-refractivity contribution is 0.190. The van der Waals surface area contributed by atoms with Gasteiger partial charge in [-0.15, -0.1) is 15.3 Å². The molecule has 2 aromatic heterocycles. The van der Waals surface area contributed by atoms with Crippen LogP contribution < -0.4 is 9.64 Å². The fourth-order valence-corrected chi connectivity index (χ4v) is 3.72. The highest BCUT2D eigenvalue weighted by atomic mass is 16.5. The van der Waals surface area contributed by atoms with Gasteiger partial charge in [-0.25, -0.2) is 0 Å². The van der Waals surface area contributed by atoms with Crippen LogP contribution in [0.5, 0.6) is 5.75 Å². The summed E-state index contributed by atoms with van der Waals surface area (Å²) < 4.78 is 17.9. The summed E-state index contributed by atoms with van der Waals surface area (Å²) in [7, 11) is 5.07. The Morgan fingerprint density at radius 3 is 2.26 bits per heavy atom.